The second kappa shape index (κ2) is 9.69. The van der Waals surface area contributed by atoms with Gasteiger partial charge in [-0.15, -0.1) is 0 Å². The van der Waals surface area contributed by atoms with Crippen LogP contribution in [0, 0.1) is 13.8 Å². The summed E-state index contributed by atoms with van der Waals surface area (Å²) in [5.74, 6) is 0.0177. The van der Waals surface area contributed by atoms with Gasteiger partial charge in [0.25, 0.3) is 11.8 Å². The van der Waals surface area contributed by atoms with Gasteiger partial charge in [0.2, 0.25) is 0 Å². The highest BCUT2D eigenvalue weighted by molar-refractivity contribution is 6.36. The number of aromatic nitrogens is 1. The van der Waals surface area contributed by atoms with Gasteiger partial charge in [-0.05, 0) is 60.7 Å². The summed E-state index contributed by atoms with van der Waals surface area (Å²) < 4.78 is 5.72. The van der Waals surface area contributed by atoms with E-state index >= 15 is 0 Å². The maximum absolute atomic E-state index is 13.5. The zero-order chi connectivity index (χ0) is 23.4. The van der Waals surface area contributed by atoms with Crippen molar-refractivity contribution in [3.8, 4) is 5.75 Å². The van der Waals surface area contributed by atoms with Gasteiger partial charge in [0.15, 0.2) is 0 Å². The second-order valence-corrected chi connectivity index (χ2v) is 8.11. The summed E-state index contributed by atoms with van der Waals surface area (Å²) in [7, 11) is 0. The van der Waals surface area contributed by atoms with E-state index in [0.29, 0.717) is 29.2 Å². The van der Waals surface area contributed by atoms with Crippen molar-refractivity contribution >= 4 is 23.1 Å². The number of rotatable bonds is 8. The number of imide groups is 1. The van der Waals surface area contributed by atoms with Gasteiger partial charge >= 0.3 is 0 Å². The first-order chi connectivity index (χ1) is 16.0. The summed E-state index contributed by atoms with van der Waals surface area (Å²) in [5.41, 5.74) is 5.00. The van der Waals surface area contributed by atoms with E-state index in [1.165, 1.54) is 4.90 Å². The van der Waals surface area contributed by atoms with Gasteiger partial charge in [0, 0.05) is 24.1 Å². The zero-order valence-electron chi connectivity index (χ0n) is 19.1. The molecule has 0 bridgehead atoms. The molecule has 3 aromatic rings. The number of amides is 2. The number of nitrogens with one attached hydrogen (secondary N) is 1. The predicted molar refractivity (Wildman–Crippen MR) is 128 cm³/mol. The molecule has 6 heteroatoms. The minimum atomic E-state index is -0.364. The third kappa shape index (κ3) is 4.80. The summed E-state index contributed by atoms with van der Waals surface area (Å²) in [6, 6.07) is 16.9. The fraction of sp³-hybridized carbons (Fsp3) is 0.222. The molecule has 0 saturated carbocycles. The monoisotopic (exact) mass is 441 g/mol. The molecule has 1 N–H and O–H groups in total. The number of hydrogen-bond acceptors (Lipinski definition) is 5. The smallest absolute Gasteiger partial charge is 0.278 e. The fourth-order valence-corrected chi connectivity index (χ4v) is 3.70. The average Bonchev–Trinajstić information content (AvgIpc) is 3.04. The van der Waals surface area contributed by atoms with Crippen molar-refractivity contribution in [2.45, 2.75) is 33.7 Å². The Hall–Kier alpha value is -3.93. The maximum Gasteiger partial charge on any atom is 0.278 e. The maximum atomic E-state index is 13.5. The lowest BCUT2D eigenvalue weighted by Crippen LogP contribution is -2.32. The van der Waals surface area contributed by atoms with Crippen LogP contribution in [0.3, 0.4) is 0 Å². The van der Waals surface area contributed by atoms with Crippen LogP contribution >= 0.6 is 0 Å². The normalized spacial score (nSPS) is 13.6. The van der Waals surface area contributed by atoms with Crippen molar-refractivity contribution in [3.05, 3.63) is 94.9 Å². The molecule has 1 aliphatic heterocycles. The van der Waals surface area contributed by atoms with Crippen LogP contribution in [0.15, 0.2) is 72.7 Å². The minimum Gasteiger partial charge on any atom is -0.494 e. The average molecular weight is 442 g/mol. The van der Waals surface area contributed by atoms with E-state index in [4.69, 9.17) is 4.74 Å². The molecule has 0 atom stereocenters. The lowest BCUT2D eigenvalue weighted by atomic mass is 9.99. The van der Waals surface area contributed by atoms with Gasteiger partial charge in [0.05, 0.1) is 18.7 Å². The number of nitrogens with zero attached hydrogens (tertiary/aromatic N) is 2. The number of anilines is 1. The first kappa shape index (κ1) is 22.3. The number of benzene rings is 2. The largest absolute Gasteiger partial charge is 0.494 e. The molecule has 1 aromatic heterocycles. The zero-order valence-corrected chi connectivity index (χ0v) is 19.1. The topological polar surface area (TPSA) is 71.5 Å². The Morgan fingerprint density at radius 2 is 1.82 bits per heavy atom. The van der Waals surface area contributed by atoms with E-state index in [2.05, 4.69) is 10.3 Å². The van der Waals surface area contributed by atoms with E-state index in [-0.39, 0.29) is 24.1 Å². The fourth-order valence-electron chi connectivity index (χ4n) is 3.70. The lowest BCUT2D eigenvalue weighted by molar-refractivity contribution is -0.137. The van der Waals surface area contributed by atoms with E-state index in [9.17, 15) is 9.59 Å². The molecule has 0 fully saturated rings. The van der Waals surface area contributed by atoms with Crippen molar-refractivity contribution in [1.29, 1.82) is 0 Å². The second-order valence-electron chi connectivity index (χ2n) is 8.11. The van der Waals surface area contributed by atoms with Gasteiger partial charge in [-0.1, -0.05) is 37.3 Å². The van der Waals surface area contributed by atoms with Gasteiger partial charge in [-0.25, -0.2) is 0 Å². The third-order valence-corrected chi connectivity index (χ3v) is 5.60. The molecular weight excluding hydrogens is 414 g/mol. The molecule has 0 aliphatic carbocycles. The van der Waals surface area contributed by atoms with Crippen LogP contribution in [0.25, 0.3) is 5.57 Å². The standard InChI is InChI=1S/C27H27N3O3/c1-4-13-33-23-9-5-8-22(15-23)29-25-24(21-11-10-18(2)19(3)14-21)26(31)30(27(25)32)17-20-7-6-12-28-16-20/h5-12,14-16,29H,4,13,17H2,1-3H3. The van der Waals surface area contributed by atoms with Gasteiger partial charge in [-0.2, -0.15) is 0 Å². The molecule has 33 heavy (non-hydrogen) atoms. The number of aryl methyl sites for hydroxylation is 2. The molecule has 0 unspecified atom stereocenters. The minimum absolute atomic E-state index is 0.157. The number of carbonyl (C=O) groups is 2. The highest BCUT2D eigenvalue weighted by atomic mass is 16.5. The summed E-state index contributed by atoms with van der Waals surface area (Å²) in [6.07, 6.45) is 4.22. The molecule has 168 valence electrons. The molecule has 2 amide bonds. The van der Waals surface area contributed by atoms with E-state index in [0.717, 1.165) is 23.1 Å². The molecule has 0 radical (unpaired) electrons. The summed E-state index contributed by atoms with van der Waals surface area (Å²) in [6.45, 7) is 6.82. The molecule has 2 heterocycles. The molecule has 2 aromatic carbocycles. The molecule has 1 aliphatic rings. The molecule has 0 spiro atoms. The molecule has 4 rings (SSSR count). The summed E-state index contributed by atoms with van der Waals surface area (Å²) in [4.78, 5) is 32.3. The number of hydrogen-bond donors (Lipinski definition) is 1. The Morgan fingerprint density at radius 3 is 2.55 bits per heavy atom. The molecule has 6 nitrogen and oxygen atoms in total. The Kier molecular flexibility index (Phi) is 6.54. The van der Waals surface area contributed by atoms with Crippen LogP contribution in [-0.4, -0.2) is 28.3 Å². The predicted octanol–water partition coefficient (Wildman–Crippen LogP) is 4.88. The lowest BCUT2D eigenvalue weighted by Gasteiger charge is -2.15. The van der Waals surface area contributed by atoms with Gasteiger partial charge in [-0.3, -0.25) is 19.5 Å². The number of carbonyl (C=O) groups excluding carboxylic acids is 2. The Morgan fingerprint density at radius 1 is 0.970 bits per heavy atom. The Bertz CT molecular complexity index is 1220. The van der Waals surface area contributed by atoms with Crippen molar-refractivity contribution in [2.75, 3.05) is 11.9 Å². The van der Waals surface area contributed by atoms with Crippen molar-refractivity contribution in [3.63, 3.8) is 0 Å². The number of ether oxygens (including phenoxy) is 1. The SMILES string of the molecule is CCCOc1cccc(NC2=C(c3ccc(C)c(C)c3)C(=O)N(Cc3cccnc3)C2=O)c1. The van der Waals surface area contributed by atoms with E-state index in [1.54, 1.807) is 18.5 Å². The highest BCUT2D eigenvalue weighted by Gasteiger charge is 2.39. The van der Waals surface area contributed by atoms with Gasteiger partial charge in [0.1, 0.15) is 11.4 Å². The van der Waals surface area contributed by atoms with Crippen LogP contribution in [-0.2, 0) is 16.1 Å². The Balaban J connectivity index is 1.73. The molecular formula is C27H27N3O3. The third-order valence-electron chi connectivity index (χ3n) is 5.60. The van der Waals surface area contributed by atoms with Crippen LogP contribution in [0.2, 0.25) is 0 Å². The van der Waals surface area contributed by atoms with Crippen molar-refractivity contribution in [1.82, 2.24) is 9.88 Å². The van der Waals surface area contributed by atoms with Crippen LogP contribution < -0.4 is 10.1 Å². The van der Waals surface area contributed by atoms with E-state index in [1.807, 2.05) is 69.3 Å². The van der Waals surface area contributed by atoms with Crippen LogP contribution in [0.5, 0.6) is 5.75 Å². The first-order valence-electron chi connectivity index (χ1n) is 11.0. The van der Waals surface area contributed by atoms with Gasteiger partial charge < -0.3 is 10.1 Å². The summed E-state index contributed by atoms with van der Waals surface area (Å²) in [5, 5.41) is 3.21. The van der Waals surface area contributed by atoms with E-state index < -0.39 is 0 Å². The summed E-state index contributed by atoms with van der Waals surface area (Å²) >= 11 is 0. The van der Waals surface area contributed by atoms with Crippen molar-refractivity contribution < 1.29 is 14.3 Å². The highest BCUT2D eigenvalue weighted by Crippen LogP contribution is 2.33. The quantitative estimate of drug-likeness (QED) is 0.505. The molecule has 0 saturated heterocycles. The first-order valence-corrected chi connectivity index (χ1v) is 11.0. The van der Waals surface area contributed by atoms with Crippen LogP contribution in [0.1, 0.15) is 35.6 Å². The van der Waals surface area contributed by atoms with Crippen LogP contribution in [0.4, 0.5) is 5.69 Å². The number of pyridine rings is 1. The van der Waals surface area contributed by atoms with Crippen molar-refractivity contribution in [2.24, 2.45) is 0 Å². The Labute approximate surface area is 193 Å².